The number of halogens is 1. The predicted octanol–water partition coefficient (Wildman–Crippen LogP) is 4.41. The molecule has 0 fully saturated rings. The zero-order valence-corrected chi connectivity index (χ0v) is 24.8. The molecule has 0 radical (unpaired) electrons. The average Bonchev–Trinajstić information content (AvgIpc) is 2.94. The van der Waals surface area contributed by atoms with E-state index in [2.05, 4.69) is 5.32 Å². The molecule has 0 spiro atoms. The summed E-state index contributed by atoms with van der Waals surface area (Å²) in [6.45, 7) is 5.28. The second-order valence-corrected chi connectivity index (χ2v) is 11.4. The van der Waals surface area contributed by atoms with E-state index in [1.807, 2.05) is 31.2 Å². The van der Waals surface area contributed by atoms with Gasteiger partial charge in [0.2, 0.25) is 11.8 Å². The molecule has 0 aliphatic carbocycles. The number of aryl methyl sites for hydroxylation is 1. The number of rotatable bonds is 12. The standard InChI is InChI=1S/C29H34ClN3O6S/c1-6-31-29(35)21(3)32(18-22-9-7-8-20(2)16-22)28(34)19-33(24-12-10-23(30)11-13-24)40(36,37)25-14-15-26(38-4)27(17-25)39-5/h7-17,21H,6,18-19H2,1-5H3,(H,31,35)/t21-/m1/s1. The highest BCUT2D eigenvalue weighted by molar-refractivity contribution is 7.92. The van der Waals surface area contributed by atoms with Crippen molar-refractivity contribution in [1.82, 2.24) is 10.2 Å². The van der Waals surface area contributed by atoms with E-state index in [9.17, 15) is 18.0 Å². The van der Waals surface area contributed by atoms with Gasteiger partial charge in [0.05, 0.1) is 24.8 Å². The molecular formula is C29H34ClN3O6S. The molecule has 0 aliphatic rings. The molecule has 11 heteroatoms. The highest BCUT2D eigenvalue weighted by Gasteiger charge is 2.33. The number of benzene rings is 3. The van der Waals surface area contributed by atoms with Gasteiger partial charge >= 0.3 is 0 Å². The Morgan fingerprint density at radius 1 is 0.975 bits per heavy atom. The Morgan fingerprint density at radius 3 is 2.25 bits per heavy atom. The summed E-state index contributed by atoms with van der Waals surface area (Å²) in [6.07, 6.45) is 0. The number of nitrogens with zero attached hydrogens (tertiary/aromatic N) is 2. The molecule has 3 aromatic rings. The Morgan fingerprint density at radius 2 is 1.65 bits per heavy atom. The molecule has 0 aromatic heterocycles. The van der Waals surface area contributed by atoms with Crippen molar-refractivity contribution in [1.29, 1.82) is 0 Å². The number of carbonyl (C=O) groups excluding carboxylic acids is 2. The van der Waals surface area contributed by atoms with E-state index < -0.39 is 28.5 Å². The molecule has 0 aliphatic heterocycles. The summed E-state index contributed by atoms with van der Waals surface area (Å²) in [5.41, 5.74) is 2.04. The molecule has 0 saturated carbocycles. The number of nitrogens with one attached hydrogen (secondary N) is 1. The molecule has 214 valence electrons. The van der Waals surface area contributed by atoms with Gasteiger partial charge in [-0.05, 0) is 62.7 Å². The van der Waals surface area contributed by atoms with Crippen LogP contribution in [0.3, 0.4) is 0 Å². The first kappa shape index (κ1) is 30.8. The van der Waals surface area contributed by atoms with Crippen molar-refractivity contribution in [3.63, 3.8) is 0 Å². The van der Waals surface area contributed by atoms with E-state index in [1.165, 1.54) is 49.5 Å². The Bertz CT molecular complexity index is 1450. The summed E-state index contributed by atoms with van der Waals surface area (Å²) in [5.74, 6) is -0.323. The lowest BCUT2D eigenvalue weighted by atomic mass is 10.1. The highest BCUT2D eigenvalue weighted by atomic mass is 35.5. The fraction of sp³-hybridized carbons (Fsp3) is 0.310. The normalized spacial score (nSPS) is 11.8. The van der Waals surface area contributed by atoms with Crippen molar-refractivity contribution in [3.8, 4) is 11.5 Å². The zero-order chi connectivity index (χ0) is 29.4. The number of anilines is 1. The highest BCUT2D eigenvalue weighted by Crippen LogP contribution is 2.32. The van der Waals surface area contributed by atoms with E-state index in [4.69, 9.17) is 21.1 Å². The third-order valence-corrected chi connectivity index (χ3v) is 8.31. The van der Waals surface area contributed by atoms with E-state index in [1.54, 1.807) is 26.0 Å². The van der Waals surface area contributed by atoms with Gasteiger partial charge in [-0.15, -0.1) is 0 Å². The van der Waals surface area contributed by atoms with Gasteiger partial charge in [-0.3, -0.25) is 13.9 Å². The van der Waals surface area contributed by atoms with Gasteiger partial charge in [0.15, 0.2) is 11.5 Å². The van der Waals surface area contributed by atoms with Gasteiger partial charge in [0.1, 0.15) is 12.6 Å². The summed E-state index contributed by atoms with van der Waals surface area (Å²) >= 11 is 6.07. The first-order valence-electron chi connectivity index (χ1n) is 12.6. The number of carbonyl (C=O) groups is 2. The van der Waals surface area contributed by atoms with Crippen LogP contribution in [-0.2, 0) is 26.2 Å². The van der Waals surface area contributed by atoms with Crippen LogP contribution in [0.1, 0.15) is 25.0 Å². The molecule has 0 saturated heterocycles. The summed E-state index contributed by atoms with van der Waals surface area (Å²) in [7, 11) is -1.43. The Balaban J connectivity index is 2.07. The number of hydrogen-bond donors (Lipinski definition) is 1. The third-order valence-electron chi connectivity index (χ3n) is 6.29. The minimum atomic E-state index is -4.28. The average molecular weight is 588 g/mol. The Labute approximate surface area is 240 Å². The lowest BCUT2D eigenvalue weighted by Gasteiger charge is -2.32. The van der Waals surface area contributed by atoms with E-state index in [0.29, 0.717) is 17.3 Å². The van der Waals surface area contributed by atoms with Crippen LogP contribution in [0.25, 0.3) is 0 Å². The van der Waals surface area contributed by atoms with Crippen molar-refractivity contribution in [3.05, 3.63) is 82.9 Å². The molecule has 0 unspecified atom stereocenters. The van der Waals surface area contributed by atoms with Crippen molar-refractivity contribution in [2.45, 2.75) is 38.3 Å². The van der Waals surface area contributed by atoms with Crippen LogP contribution in [0.5, 0.6) is 11.5 Å². The van der Waals surface area contributed by atoms with Gasteiger partial charge < -0.3 is 19.7 Å². The minimum absolute atomic E-state index is 0.102. The second-order valence-electron chi connectivity index (χ2n) is 9.09. The SMILES string of the molecule is CCNC(=O)[C@@H](C)N(Cc1cccc(C)c1)C(=O)CN(c1ccc(Cl)cc1)S(=O)(=O)c1ccc(OC)c(OC)c1. The largest absolute Gasteiger partial charge is 0.493 e. The van der Waals surface area contributed by atoms with Gasteiger partial charge in [-0.25, -0.2) is 8.42 Å². The number of ether oxygens (including phenoxy) is 2. The second kappa shape index (κ2) is 13.5. The molecule has 2 amide bonds. The number of methoxy groups -OCH3 is 2. The molecule has 0 bridgehead atoms. The van der Waals surface area contributed by atoms with Gasteiger partial charge in [-0.2, -0.15) is 0 Å². The molecule has 1 N–H and O–H groups in total. The van der Waals surface area contributed by atoms with Crippen LogP contribution >= 0.6 is 11.6 Å². The van der Waals surface area contributed by atoms with Crippen LogP contribution in [-0.4, -0.2) is 58.5 Å². The fourth-order valence-corrected chi connectivity index (χ4v) is 5.71. The summed E-state index contributed by atoms with van der Waals surface area (Å²) in [4.78, 5) is 28.0. The number of hydrogen-bond acceptors (Lipinski definition) is 6. The maximum atomic E-state index is 14.0. The van der Waals surface area contributed by atoms with Crippen LogP contribution in [0.15, 0.2) is 71.6 Å². The van der Waals surface area contributed by atoms with Gasteiger partial charge in [-0.1, -0.05) is 41.4 Å². The summed E-state index contributed by atoms with van der Waals surface area (Å²) in [6, 6.07) is 17.0. The topological polar surface area (TPSA) is 105 Å². The molecule has 9 nitrogen and oxygen atoms in total. The van der Waals surface area contributed by atoms with Crippen molar-refractivity contribution in [2.24, 2.45) is 0 Å². The van der Waals surface area contributed by atoms with Gasteiger partial charge in [0.25, 0.3) is 10.0 Å². The van der Waals surface area contributed by atoms with Crippen LogP contribution < -0.4 is 19.1 Å². The van der Waals surface area contributed by atoms with Crippen LogP contribution in [0.4, 0.5) is 5.69 Å². The molecule has 0 heterocycles. The maximum absolute atomic E-state index is 14.0. The smallest absolute Gasteiger partial charge is 0.264 e. The van der Waals surface area contributed by atoms with E-state index >= 15 is 0 Å². The van der Waals surface area contributed by atoms with Crippen molar-refractivity contribution >= 4 is 39.1 Å². The van der Waals surface area contributed by atoms with E-state index in [-0.39, 0.29) is 28.8 Å². The molecule has 40 heavy (non-hydrogen) atoms. The van der Waals surface area contributed by atoms with Crippen LogP contribution in [0.2, 0.25) is 5.02 Å². The monoisotopic (exact) mass is 587 g/mol. The fourth-order valence-electron chi connectivity index (χ4n) is 4.15. The quantitative estimate of drug-likeness (QED) is 0.336. The lowest BCUT2D eigenvalue weighted by Crippen LogP contribution is -2.51. The number of likely N-dealkylation sites (N-methyl/N-ethyl adjacent to an activating group) is 1. The lowest BCUT2D eigenvalue weighted by molar-refractivity contribution is -0.139. The number of sulfonamides is 1. The van der Waals surface area contributed by atoms with Crippen molar-refractivity contribution in [2.75, 3.05) is 31.6 Å². The predicted molar refractivity (Wildman–Crippen MR) is 155 cm³/mol. The molecular weight excluding hydrogens is 554 g/mol. The minimum Gasteiger partial charge on any atom is -0.493 e. The molecule has 3 aromatic carbocycles. The van der Waals surface area contributed by atoms with Crippen molar-refractivity contribution < 1.29 is 27.5 Å². The first-order chi connectivity index (χ1) is 19.0. The van der Waals surface area contributed by atoms with E-state index in [0.717, 1.165) is 15.4 Å². The third kappa shape index (κ3) is 7.25. The summed E-state index contributed by atoms with van der Waals surface area (Å²) in [5, 5.41) is 3.15. The summed E-state index contributed by atoms with van der Waals surface area (Å²) < 4.78 is 39.5. The molecule has 1 atom stereocenters. The molecule has 3 rings (SSSR count). The maximum Gasteiger partial charge on any atom is 0.264 e. The zero-order valence-electron chi connectivity index (χ0n) is 23.2. The Kier molecular flexibility index (Phi) is 10.4. The van der Waals surface area contributed by atoms with Gasteiger partial charge in [0, 0.05) is 24.2 Å². The first-order valence-corrected chi connectivity index (χ1v) is 14.5. The number of amides is 2. The van der Waals surface area contributed by atoms with Crippen LogP contribution in [0, 0.1) is 6.92 Å². The Hall–Kier alpha value is -3.76.